The number of piperidine rings is 1. The third-order valence-electron chi connectivity index (χ3n) is 5.04. The van der Waals surface area contributed by atoms with Gasteiger partial charge in [0.2, 0.25) is 6.41 Å². The molecule has 2 heterocycles. The fraction of sp³-hybridized carbons (Fsp3) is 0.273. The number of nitrogens with zero attached hydrogens (tertiary/aromatic N) is 2. The second kappa shape index (κ2) is 7.16. The first kappa shape index (κ1) is 16.6. The average molecular weight is 346 g/mol. The van der Waals surface area contributed by atoms with Crippen LogP contribution in [-0.2, 0) is 4.79 Å². The zero-order chi connectivity index (χ0) is 17.9. The molecule has 1 aliphatic heterocycles. The maximum Gasteiger partial charge on any atom is 0.209 e. The van der Waals surface area contributed by atoms with Crippen LogP contribution in [-0.4, -0.2) is 35.5 Å². The second-order valence-corrected chi connectivity index (χ2v) is 6.85. The number of carbonyl (C=O) groups excluding carboxylic acids is 1. The van der Waals surface area contributed by atoms with Gasteiger partial charge in [0.05, 0.1) is 5.52 Å². The zero-order valence-electron chi connectivity index (χ0n) is 14.9. The number of fused-ring (bicyclic) bond motifs is 1. The highest BCUT2D eigenvalue weighted by Gasteiger charge is 2.19. The monoisotopic (exact) mass is 346 g/mol. The number of pyridine rings is 1. The number of aromatic nitrogens is 1. The van der Waals surface area contributed by atoms with E-state index in [0.29, 0.717) is 0 Å². The summed E-state index contributed by atoms with van der Waals surface area (Å²) in [5.41, 5.74) is 4.57. The Bertz CT molecular complexity index is 913. The minimum Gasteiger partial charge on any atom is -0.490 e. The Morgan fingerprint density at radius 3 is 2.58 bits per heavy atom. The van der Waals surface area contributed by atoms with Crippen molar-refractivity contribution >= 4 is 17.3 Å². The smallest absolute Gasteiger partial charge is 0.209 e. The summed E-state index contributed by atoms with van der Waals surface area (Å²) >= 11 is 0. The first-order valence-corrected chi connectivity index (χ1v) is 9.05. The lowest BCUT2D eigenvalue weighted by Gasteiger charge is -2.29. The predicted molar refractivity (Wildman–Crippen MR) is 103 cm³/mol. The van der Waals surface area contributed by atoms with Gasteiger partial charge in [-0.3, -0.25) is 9.78 Å². The molecule has 0 bridgehead atoms. The average Bonchev–Trinajstić information content (AvgIpc) is 2.69. The van der Waals surface area contributed by atoms with Crippen LogP contribution in [0.5, 0.6) is 5.75 Å². The highest BCUT2D eigenvalue weighted by Crippen LogP contribution is 2.28. The molecule has 4 heteroatoms. The lowest BCUT2D eigenvalue weighted by molar-refractivity contribution is -0.119. The van der Waals surface area contributed by atoms with Crippen molar-refractivity contribution in [1.29, 1.82) is 0 Å². The standard InChI is InChI=1S/C22H22N2O2/c1-16-13-18(14-22-21(16)3-2-10-23-22)17-4-6-19(7-5-17)26-20-8-11-24(15-25)12-9-20/h2-7,10,13-15,20H,8-9,11-12H2,1H3. The minimum atomic E-state index is 0.184. The lowest BCUT2D eigenvalue weighted by atomic mass is 10.00. The van der Waals surface area contributed by atoms with Crippen molar-refractivity contribution < 1.29 is 9.53 Å². The van der Waals surface area contributed by atoms with E-state index in [4.69, 9.17) is 4.74 Å². The van der Waals surface area contributed by atoms with Crippen LogP contribution in [0.15, 0.2) is 54.7 Å². The Balaban J connectivity index is 1.50. The van der Waals surface area contributed by atoms with E-state index < -0.39 is 0 Å². The Hall–Kier alpha value is -2.88. The molecule has 1 saturated heterocycles. The Kier molecular flexibility index (Phi) is 4.57. The molecular weight excluding hydrogens is 324 g/mol. The Labute approximate surface area is 153 Å². The van der Waals surface area contributed by atoms with Gasteiger partial charge in [-0.2, -0.15) is 0 Å². The van der Waals surface area contributed by atoms with Gasteiger partial charge in [0.1, 0.15) is 11.9 Å². The van der Waals surface area contributed by atoms with Crippen LogP contribution >= 0.6 is 0 Å². The molecule has 0 unspecified atom stereocenters. The third-order valence-corrected chi connectivity index (χ3v) is 5.04. The molecule has 0 spiro atoms. The molecule has 0 atom stereocenters. The maximum absolute atomic E-state index is 10.8. The molecule has 2 aromatic carbocycles. The fourth-order valence-corrected chi connectivity index (χ4v) is 3.55. The summed E-state index contributed by atoms with van der Waals surface area (Å²) in [7, 11) is 0. The highest BCUT2D eigenvalue weighted by molar-refractivity contribution is 5.87. The van der Waals surface area contributed by atoms with Crippen molar-refractivity contribution in [2.75, 3.05) is 13.1 Å². The van der Waals surface area contributed by atoms with Crippen LogP contribution in [0.1, 0.15) is 18.4 Å². The number of likely N-dealkylation sites (tertiary alicyclic amines) is 1. The first-order valence-electron chi connectivity index (χ1n) is 9.05. The van der Waals surface area contributed by atoms with Gasteiger partial charge in [-0.05, 0) is 47.9 Å². The largest absolute Gasteiger partial charge is 0.490 e. The zero-order valence-corrected chi connectivity index (χ0v) is 14.9. The van der Waals surface area contributed by atoms with E-state index in [1.165, 1.54) is 16.5 Å². The van der Waals surface area contributed by atoms with Crippen molar-refractivity contribution in [1.82, 2.24) is 9.88 Å². The van der Waals surface area contributed by atoms with Crippen LogP contribution in [0.3, 0.4) is 0 Å². The van der Waals surface area contributed by atoms with Crippen molar-refractivity contribution in [3.63, 3.8) is 0 Å². The quantitative estimate of drug-likeness (QED) is 0.665. The maximum atomic E-state index is 10.8. The number of hydrogen-bond donors (Lipinski definition) is 0. The highest BCUT2D eigenvalue weighted by atomic mass is 16.5. The summed E-state index contributed by atoms with van der Waals surface area (Å²) in [6.07, 6.45) is 4.71. The van der Waals surface area contributed by atoms with Crippen molar-refractivity contribution in [3.05, 3.63) is 60.3 Å². The van der Waals surface area contributed by atoms with E-state index in [0.717, 1.165) is 49.2 Å². The Morgan fingerprint density at radius 1 is 1.08 bits per heavy atom. The lowest BCUT2D eigenvalue weighted by Crippen LogP contribution is -2.37. The SMILES string of the molecule is Cc1cc(-c2ccc(OC3CCN(C=O)CC3)cc2)cc2ncccc12. The van der Waals surface area contributed by atoms with E-state index in [-0.39, 0.29) is 6.10 Å². The van der Waals surface area contributed by atoms with Gasteiger partial charge in [0.15, 0.2) is 0 Å². The molecule has 0 aliphatic carbocycles. The van der Waals surface area contributed by atoms with Crippen LogP contribution in [0, 0.1) is 6.92 Å². The summed E-state index contributed by atoms with van der Waals surface area (Å²) in [5.74, 6) is 0.883. The van der Waals surface area contributed by atoms with Crippen LogP contribution in [0.25, 0.3) is 22.0 Å². The van der Waals surface area contributed by atoms with Gasteiger partial charge >= 0.3 is 0 Å². The fourth-order valence-electron chi connectivity index (χ4n) is 3.55. The summed E-state index contributed by atoms with van der Waals surface area (Å²) in [6.45, 7) is 3.67. The molecule has 1 aliphatic rings. The van der Waals surface area contributed by atoms with Crippen LogP contribution < -0.4 is 4.74 Å². The second-order valence-electron chi connectivity index (χ2n) is 6.85. The topological polar surface area (TPSA) is 42.4 Å². The number of rotatable bonds is 4. The van der Waals surface area contributed by atoms with E-state index in [2.05, 4.69) is 42.2 Å². The molecule has 0 radical (unpaired) electrons. The molecule has 132 valence electrons. The van der Waals surface area contributed by atoms with Gasteiger partial charge in [-0.1, -0.05) is 24.3 Å². The number of benzene rings is 2. The van der Waals surface area contributed by atoms with Gasteiger partial charge in [0.25, 0.3) is 0 Å². The van der Waals surface area contributed by atoms with E-state index in [9.17, 15) is 4.79 Å². The molecule has 1 fully saturated rings. The minimum absolute atomic E-state index is 0.184. The number of ether oxygens (including phenoxy) is 1. The molecular formula is C22H22N2O2. The molecule has 4 rings (SSSR count). The Morgan fingerprint density at radius 2 is 1.85 bits per heavy atom. The molecule has 0 saturated carbocycles. The van der Waals surface area contributed by atoms with Gasteiger partial charge in [-0.25, -0.2) is 0 Å². The van der Waals surface area contributed by atoms with Gasteiger partial charge in [0, 0.05) is 37.5 Å². The summed E-state index contributed by atoms with van der Waals surface area (Å²) < 4.78 is 6.08. The number of aryl methyl sites for hydroxylation is 1. The number of carbonyl (C=O) groups is 1. The van der Waals surface area contributed by atoms with Gasteiger partial charge in [-0.15, -0.1) is 0 Å². The summed E-state index contributed by atoms with van der Waals surface area (Å²) in [6, 6.07) is 16.7. The summed E-state index contributed by atoms with van der Waals surface area (Å²) in [4.78, 5) is 17.1. The van der Waals surface area contributed by atoms with Crippen LogP contribution in [0.2, 0.25) is 0 Å². The van der Waals surface area contributed by atoms with E-state index in [1.54, 1.807) is 4.90 Å². The predicted octanol–water partition coefficient (Wildman–Crippen LogP) is 4.21. The number of amides is 1. The van der Waals surface area contributed by atoms with E-state index >= 15 is 0 Å². The molecule has 3 aromatic rings. The molecule has 1 aromatic heterocycles. The van der Waals surface area contributed by atoms with Gasteiger partial charge < -0.3 is 9.64 Å². The van der Waals surface area contributed by atoms with E-state index in [1.807, 2.05) is 24.4 Å². The number of hydrogen-bond acceptors (Lipinski definition) is 3. The third kappa shape index (κ3) is 3.40. The van der Waals surface area contributed by atoms with Crippen LogP contribution in [0.4, 0.5) is 0 Å². The summed E-state index contributed by atoms with van der Waals surface area (Å²) in [5, 5.41) is 1.19. The molecule has 4 nitrogen and oxygen atoms in total. The van der Waals surface area contributed by atoms with Crippen molar-refractivity contribution in [2.24, 2.45) is 0 Å². The van der Waals surface area contributed by atoms with Crippen molar-refractivity contribution in [3.8, 4) is 16.9 Å². The van der Waals surface area contributed by atoms with Crippen molar-refractivity contribution in [2.45, 2.75) is 25.9 Å². The normalized spacial score (nSPS) is 15.2. The molecule has 0 N–H and O–H groups in total. The first-order chi connectivity index (χ1) is 12.7. The molecule has 1 amide bonds. The molecule has 26 heavy (non-hydrogen) atoms.